The van der Waals surface area contributed by atoms with E-state index in [0.29, 0.717) is 23.5 Å². The zero-order valence-corrected chi connectivity index (χ0v) is 26.6. The number of fused-ring (bicyclic) bond motifs is 1. The van der Waals surface area contributed by atoms with E-state index in [-0.39, 0.29) is 45.1 Å². The Kier molecular flexibility index (Phi) is 8.24. The zero-order chi connectivity index (χ0) is 36.2. The Bertz CT molecular complexity index is 2240. The van der Waals surface area contributed by atoms with E-state index in [2.05, 4.69) is 30.9 Å². The number of benzene rings is 2. The summed E-state index contributed by atoms with van der Waals surface area (Å²) in [5.41, 5.74) is -1.54. The summed E-state index contributed by atoms with van der Waals surface area (Å²) in [5.74, 6) is -1.07. The van der Waals surface area contributed by atoms with Gasteiger partial charge in [-0.05, 0) is 68.8 Å². The number of aromatic nitrogens is 6. The Morgan fingerprint density at radius 2 is 1.56 bits per heavy atom. The van der Waals surface area contributed by atoms with Crippen molar-refractivity contribution in [3.05, 3.63) is 95.6 Å². The van der Waals surface area contributed by atoms with Gasteiger partial charge in [0.15, 0.2) is 11.5 Å². The monoisotopic (exact) mass is 696 g/mol. The van der Waals surface area contributed by atoms with E-state index >= 15 is 0 Å². The molecule has 2 N–H and O–H groups in total. The van der Waals surface area contributed by atoms with Gasteiger partial charge in [0, 0.05) is 35.5 Å². The van der Waals surface area contributed by atoms with E-state index in [1.165, 1.54) is 43.4 Å². The van der Waals surface area contributed by atoms with Crippen molar-refractivity contribution < 1.29 is 40.3 Å². The van der Waals surface area contributed by atoms with Gasteiger partial charge in [0.05, 0.1) is 34.6 Å². The molecule has 0 spiro atoms. The van der Waals surface area contributed by atoms with E-state index in [1.54, 1.807) is 18.2 Å². The third-order valence-corrected chi connectivity index (χ3v) is 7.31. The lowest BCUT2D eigenvalue weighted by atomic mass is 9.99. The number of pyridine rings is 1. The van der Waals surface area contributed by atoms with Crippen molar-refractivity contribution in [2.45, 2.75) is 38.7 Å². The number of amides is 2. The minimum absolute atomic E-state index is 0.0145. The maximum atomic E-state index is 13.6. The predicted octanol–water partition coefficient (Wildman–Crippen LogP) is 6.85. The van der Waals surface area contributed by atoms with Crippen LogP contribution in [0.5, 0.6) is 0 Å². The van der Waals surface area contributed by atoms with Gasteiger partial charge in [-0.3, -0.25) is 9.59 Å². The molecule has 4 heterocycles. The van der Waals surface area contributed by atoms with Crippen molar-refractivity contribution in [1.82, 2.24) is 40.4 Å². The molecule has 0 aliphatic carbocycles. The Morgan fingerprint density at radius 1 is 0.840 bits per heavy atom. The number of rotatable bonds is 6. The number of alkyl halides is 6. The molecule has 6 aromatic rings. The van der Waals surface area contributed by atoms with Crippen molar-refractivity contribution >= 4 is 22.9 Å². The second-order valence-corrected chi connectivity index (χ2v) is 12.1. The van der Waals surface area contributed by atoms with Crippen molar-refractivity contribution in [2.75, 3.05) is 7.05 Å². The predicted molar refractivity (Wildman–Crippen MR) is 168 cm³/mol. The summed E-state index contributed by atoms with van der Waals surface area (Å²) in [6, 6.07) is 13.6. The van der Waals surface area contributed by atoms with Gasteiger partial charge in [-0.25, -0.2) is 4.68 Å². The first kappa shape index (κ1) is 33.9. The molecule has 0 radical (unpaired) electrons. The highest BCUT2D eigenvalue weighted by Gasteiger charge is 2.35. The normalized spacial score (nSPS) is 12.4. The SMILES string of the molecule is CNC(=O)c1c(-c2ccc(-n3ncc(C(F)(F)F)n3)cc2)oc2nc(-n3cc(C(F)(F)F)cn3)c(-c3cccc(C(=O)NC(C)(C)C)c3)cc12. The summed E-state index contributed by atoms with van der Waals surface area (Å²) in [5, 5.41) is 16.6. The number of nitrogens with one attached hydrogen (secondary N) is 2. The van der Waals surface area contributed by atoms with Gasteiger partial charge in [0.25, 0.3) is 11.8 Å². The number of carbonyl (C=O) groups excluding carboxylic acids is 2. The summed E-state index contributed by atoms with van der Waals surface area (Å²) >= 11 is 0. The van der Waals surface area contributed by atoms with Gasteiger partial charge in [-0.1, -0.05) is 12.1 Å². The second kappa shape index (κ2) is 12.2. The number of nitrogens with zero attached hydrogens (tertiary/aromatic N) is 6. The standard InChI is InChI=1S/C33H26F6N8O3/c1-31(2,3)44-28(48)19-7-5-6-18(12-19)22-13-23-25(29(49)40-4)26(50-30(23)43-27(22)46-16-20(14-41-46)32(34,35)36)17-8-10-21(11-9-17)47-42-15-24(45-47)33(37,38)39/h5-16H,1-4H3,(H,40,49)(H,44,48). The van der Waals surface area contributed by atoms with Gasteiger partial charge in [0.1, 0.15) is 5.76 Å². The van der Waals surface area contributed by atoms with Gasteiger partial charge in [-0.2, -0.15) is 46.3 Å². The number of furan rings is 1. The average Bonchev–Trinajstić information content (AvgIpc) is 3.82. The van der Waals surface area contributed by atoms with Crippen LogP contribution in [0.2, 0.25) is 0 Å². The lowest BCUT2D eigenvalue weighted by Crippen LogP contribution is -2.40. The molecule has 0 aliphatic rings. The highest BCUT2D eigenvalue weighted by molar-refractivity contribution is 6.11. The van der Waals surface area contributed by atoms with Crippen LogP contribution in [0.4, 0.5) is 26.3 Å². The van der Waals surface area contributed by atoms with E-state index in [1.807, 2.05) is 20.8 Å². The van der Waals surface area contributed by atoms with Gasteiger partial charge in [-0.15, -0.1) is 5.10 Å². The molecule has 258 valence electrons. The molecule has 0 saturated carbocycles. The van der Waals surface area contributed by atoms with Crippen molar-refractivity contribution in [3.8, 4) is 34.0 Å². The molecule has 2 amide bonds. The highest BCUT2D eigenvalue weighted by atomic mass is 19.4. The molecule has 11 nitrogen and oxygen atoms in total. The summed E-state index contributed by atoms with van der Waals surface area (Å²) in [7, 11) is 1.39. The number of halogens is 6. The van der Waals surface area contributed by atoms with Crippen LogP contribution < -0.4 is 10.6 Å². The van der Waals surface area contributed by atoms with Crippen LogP contribution in [0, 0.1) is 0 Å². The molecule has 0 fully saturated rings. The van der Waals surface area contributed by atoms with Gasteiger partial charge >= 0.3 is 12.4 Å². The Morgan fingerprint density at radius 3 is 2.16 bits per heavy atom. The van der Waals surface area contributed by atoms with Crippen molar-refractivity contribution in [2.24, 2.45) is 0 Å². The molecule has 0 saturated heterocycles. The highest BCUT2D eigenvalue weighted by Crippen LogP contribution is 2.38. The minimum atomic E-state index is -4.70. The van der Waals surface area contributed by atoms with E-state index in [9.17, 15) is 35.9 Å². The topological polar surface area (TPSA) is 133 Å². The van der Waals surface area contributed by atoms with Crippen LogP contribution in [0.15, 0.2) is 77.6 Å². The molecule has 6 rings (SSSR count). The van der Waals surface area contributed by atoms with E-state index in [0.717, 1.165) is 15.7 Å². The fourth-order valence-corrected chi connectivity index (χ4v) is 5.04. The lowest BCUT2D eigenvalue weighted by Gasteiger charge is -2.20. The van der Waals surface area contributed by atoms with Crippen molar-refractivity contribution in [3.63, 3.8) is 0 Å². The number of hydrogen-bond donors (Lipinski definition) is 2. The molecule has 50 heavy (non-hydrogen) atoms. The summed E-state index contributed by atoms with van der Waals surface area (Å²) in [4.78, 5) is 31.7. The van der Waals surface area contributed by atoms with Crippen LogP contribution in [-0.4, -0.2) is 54.2 Å². The number of hydrogen-bond acceptors (Lipinski definition) is 7. The van der Waals surface area contributed by atoms with E-state index < -0.39 is 41.0 Å². The fourth-order valence-electron chi connectivity index (χ4n) is 5.04. The van der Waals surface area contributed by atoms with Crippen LogP contribution in [0.25, 0.3) is 45.1 Å². The minimum Gasteiger partial charge on any atom is -0.437 e. The summed E-state index contributed by atoms with van der Waals surface area (Å²) in [6.07, 6.45) is -7.42. The Hall–Kier alpha value is -6.00. The van der Waals surface area contributed by atoms with Crippen LogP contribution >= 0.6 is 0 Å². The lowest BCUT2D eigenvalue weighted by molar-refractivity contribution is -0.141. The quantitative estimate of drug-likeness (QED) is 0.182. The van der Waals surface area contributed by atoms with Crippen LogP contribution in [-0.2, 0) is 12.4 Å². The largest absolute Gasteiger partial charge is 0.437 e. The summed E-state index contributed by atoms with van der Waals surface area (Å²) in [6.45, 7) is 5.43. The number of carbonyl (C=O) groups is 2. The Balaban J connectivity index is 1.53. The molecule has 0 bridgehead atoms. The zero-order valence-electron chi connectivity index (χ0n) is 26.6. The molecule has 0 atom stereocenters. The maximum absolute atomic E-state index is 13.6. The van der Waals surface area contributed by atoms with Gasteiger partial charge in [0.2, 0.25) is 5.71 Å². The van der Waals surface area contributed by atoms with E-state index in [4.69, 9.17) is 4.42 Å². The van der Waals surface area contributed by atoms with Crippen molar-refractivity contribution in [1.29, 1.82) is 0 Å². The third kappa shape index (κ3) is 6.65. The second-order valence-electron chi connectivity index (χ2n) is 12.1. The molecule has 2 aromatic carbocycles. The first-order valence-electron chi connectivity index (χ1n) is 14.8. The molecule has 0 aliphatic heterocycles. The molecular weight excluding hydrogens is 670 g/mol. The average molecular weight is 697 g/mol. The van der Waals surface area contributed by atoms with Crippen LogP contribution in [0.1, 0.15) is 52.7 Å². The van der Waals surface area contributed by atoms with Crippen LogP contribution in [0.3, 0.4) is 0 Å². The molecular formula is C33H26F6N8O3. The summed E-state index contributed by atoms with van der Waals surface area (Å²) < 4.78 is 86.9. The Labute approximate surface area is 278 Å². The first-order chi connectivity index (χ1) is 23.4. The smallest absolute Gasteiger partial charge is 0.436 e. The maximum Gasteiger partial charge on any atom is 0.436 e. The molecule has 0 unspecified atom stereocenters. The first-order valence-corrected chi connectivity index (χ1v) is 14.8. The molecule has 17 heteroatoms. The fraction of sp³-hybridized carbons (Fsp3) is 0.212. The molecule has 4 aromatic heterocycles. The third-order valence-electron chi connectivity index (χ3n) is 7.31. The van der Waals surface area contributed by atoms with Gasteiger partial charge < -0.3 is 15.1 Å².